The number of fused-ring (bicyclic) bond motifs is 1. The lowest BCUT2D eigenvalue weighted by Crippen LogP contribution is -2.51. The zero-order valence-electron chi connectivity index (χ0n) is 22.3. The molecule has 3 atom stereocenters. The van der Waals surface area contributed by atoms with Crippen molar-refractivity contribution in [1.29, 1.82) is 0 Å². The zero-order valence-corrected chi connectivity index (χ0v) is 22.3. The van der Waals surface area contributed by atoms with Crippen molar-refractivity contribution in [3.63, 3.8) is 0 Å². The van der Waals surface area contributed by atoms with Crippen molar-refractivity contribution >= 4 is 11.8 Å². The minimum Gasteiger partial charge on any atom is -0.472 e. The van der Waals surface area contributed by atoms with Gasteiger partial charge in [-0.05, 0) is 44.0 Å². The molecule has 2 aliphatic rings. The van der Waals surface area contributed by atoms with Crippen molar-refractivity contribution < 1.29 is 23.8 Å². The number of nitrogens with zero attached hydrogens (tertiary/aromatic N) is 3. The number of aliphatic hydroxyl groups excluding tert-OH is 1. The molecule has 1 aromatic heterocycles. The van der Waals surface area contributed by atoms with Crippen LogP contribution in [0.2, 0.25) is 0 Å². The third kappa shape index (κ3) is 6.51. The molecule has 0 bridgehead atoms. The highest BCUT2D eigenvalue weighted by Gasteiger charge is 2.35. The number of amides is 2. The highest BCUT2D eigenvalue weighted by atomic mass is 19.1. The summed E-state index contributed by atoms with van der Waals surface area (Å²) in [6.45, 7) is 4.31. The van der Waals surface area contributed by atoms with Crippen LogP contribution in [0.3, 0.4) is 0 Å². The van der Waals surface area contributed by atoms with E-state index in [0.29, 0.717) is 24.2 Å². The quantitative estimate of drug-likeness (QED) is 0.604. The summed E-state index contributed by atoms with van der Waals surface area (Å²) in [5.74, 6) is 5.42. The van der Waals surface area contributed by atoms with Gasteiger partial charge in [0.25, 0.3) is 5.91 Å². The first-order valence-corrected chi connectivity index (χ1v) is 13.4. The van der Waals surface area contributed by atoms with Gasteiger partial charge in [-0.1, -0.05) is 44.1 Å². The number of hydrogen-bond donors (Lipinski definition) is 1. The first kappa shape index (κ1) is 27.6. The fourth-order valence-corrected chi connectivity index (χ4v) is 5.12. The van der Waals surface area contributed by atoms with Crippen LogP contribution in [0.5, 0.6) is 5.88 Å². The molecule has 0 unspecified atom stereocenters. The Morgan fingerprint density at radius 2 is 1.97 bits per heavy atom. The lowest BCUT2D eigenvalue weighted by Gasteiger charge is -2.38. The number of pyridine rings is 1. The molecule has 0 spiro atoms. The number of ether oxygens (including phenoxy) is 1. The van der Waals surface area contributed by atoms with Crippen LogP contribution in [-0.2, 0) is 4.79 Å². The summed E-state index contributed by atoms with van der Waals surface area (Å²) in [5, 5.41) is 9.87. The van der Waals surface area contributed by atoms with Crippen LogP contribution in [-0.4, -0.2) is 70.6 Å². The van der Waals surface area contributed by atoms with E-state index in [4.69, 9.17) is 4.74 Å². The molecule has 1 aliphatic carbocycles. The highest BCUT2D eigenvalue weighted by Crippen LogP contribution is 2.29. The van der Waals surface area contributed by atoms with Crippen LogP contribution in [0, 0.1) is 29.5 Å². The molecular formula is C30H36FN3O4. The van der Waals surface area contributed by atoms with Crippen molar-refractivity contribution in [2.75, 3.05) is 26.7 Å². The molecular weight excluding hydrogens is 485 g/mol. The maximum atomic E-state index is 13.6. The van der Waals surface area contributed by atoms with Crippen LogP contribution in [0.1, 0.15) is 67.4 Å². The number of benzene rings is 1. The number of aromatic nitrogens is 1. The second-order valence-electron chi connectivity index (χ2n) is 10.5. The summed E-state index contributed by atoms with van der Waals surface area (Å²) in [6.07, 6.45) is 6.31. The van der Waals surface area contributed by atoms with Crippen LogP contribution in [0.15, 0.2) is 36.5 Å². The maximum Gasteiger partial charge on any atom is 0.259 e. The Hall–Kier alpha value is -3.44. The first-order valence-electron chi connectivity index (χ1n) is 13.4. The lowest BCUT2D eigenvalue weighted by atomic mass is 9.88. The van der Waals surface area contributed by atoms with Crippen LogP contribution in [0.25, 0.3) is 0 Å². The zero-order chi connectivity index (χ0) is 27.2. The molecule has 0 radical (unpaired) electrons. The molecule has 0 saturated heterocycles. The normalized spacial score (nSPS) is 20.8. The summed E-state index contributed by atoms with van der Waals surface area (Å²) < 4.78 is 19.8. The Morgan fingerprint density at radius 3 is 2.68 bits per heavy atom. The van der Waals surface area contributed by atoms with Gasteiger partial charge in [0.15, 0.2) is 0 Å². The van der Waals surface area contributed by atoms with E-state index in [-0.39, 0.29) is 47.5 Å². The fraction of sp³-hybridized carbons (Fsp3) is 0.500. The average molecular weight is 522 g/mol. The molecule has 1 aliphatic heterocycles. The second kappa shape index (κ2) is 12.4. The van der Waals surface area contributed by atoms with Crippen LogP contribution < -0.4 is 4.74 Å². The number of hydrogen-bond acceptors (Lipinski definition) is 5. The molecule has 2 aromatic rings. The number of rotatable bonds is 5. The van der Waals surface area contributed by atoms with E-state index in [0.717, 1.165) is 25.7 Å². The first-order chi connectivity index (χ1) is 18.3. The summed E-state index contributed by atoms with van der Waals surface area (Å²) in [5.41, 5.74) is 1.24. The van der Waals surface area contributed by atoms with Crippen molar-refractivity contribution in [1.82, 2.24) is 14.8 Å². The van der Waals surface area contributed by atoms with E-state index in [1.807, 2.05) is 14.0 Å². The second-order valence-corrected chi connectivity index (χ2v) is 10.5. The van der Waals surface area contributed by atoms with Crippen molar-refractivity contribution in [3.05, 3.63) is 59.0 Å². The molecule has 38 heavy (non-hydrogen) atoms. The molecule has 4 rings (SSSR count). The van der Waals surface area contributed by atoms with E-state index < -0.39 is 12.1 Å². The monoisotopic (exact) mass is 521 g/mol. The van der Waals surface area contributed by atoms with Crippen LogP contribution in [0.4, 0.5) is 4.39 Å². The summed E-state index contributed by atoms with van der Waals surface area (Å²) >= 11 is 0. The molecule has 2 amide bonds. The topological polar surface area (TPSA) is 83.0 Å². The van der Waals surface area contributed by atoms with Gasteiger partial charge in [0.05, 0.1) is 19.2 Å². The summed E-state index contributed by atoms with van der Waals surface area (Å²) in [7, 11) is 1.81. The Bertz CT molecular complexity index is 1220. The largest absolute Gasteiger partial charge is 0.472 e. The Labute approximate surface area is 224 Å². The molecule has 202 valence electrons. The number of halogens is 1. The minimum absolute atomic E-state index is 0.0507. The molecule has 1 saturated carbocycles. The van der Waals surface area contributed by atoms with Gasteiger partial charge in [-0.15, -0.1) is 0 Å². The molecule has 8 heteroatoms. The van der Waals surface area contributed by atoms with E-state index in [9.17, 15) is 19.1 Å². The minimum atomic E-state index is -0.416. The van der Waals surface area contributed by atoms with E-state index in [2.05, 4.69) is 16.8 Å². The summed E-state index contributed by atoms with van der Waals surface area (Å²) in [6, 6.07) is 7.18. The highest BCUT2D eigenvalue weighted by molar-refractivity contribution is 5.97. The SMILES string of the molecule is C[C@@H]1CN([C@@H](C)CO)C(=O)c2cc(C#Cc3cccc(F)c3)cnc2O[C@@H]1CN(C)C(=O)C1CCCCC1. The number of likely N-dealkylation sites (N-methyl/N-ethyl adjacent to an activating group) is 1. The smallest absolute Gasteiger partial charge is 0.259 e. The molecule has 1 fully saturated rings. The molecule has 1 N–H and O–H groups in total. The fourth-order valence-electron chi connectivity index (χ4n) is 5.12. The standard InChI is InChI=1S/C30H36FN3O4/c1-20-17-34(21(2)19-35)30(37)26-15-23(13-12-22-8-7-11-25(31)14-22)16-32-28(26)38-27(20)18-33(3)29(36)24-9-5-4-6-10-24/h7-8,11,14-16,20-21,24,27,35H,4-6,9-10,17-19H2,1-3H3/t20-,21+,27-/m1/s1. The summed E-state index contributed by atoms with van der Waals surface area (Å²) in [4.78, 5) is 34.5. The van der Waals surface area contributed by atoms with Gasteiger partial charge < -0.3 is 19.6 Å². The number of carbonyl (C=O) groups excluding carboxylic acids is 2. The van der Waals surface area contributed by atoms with Gasteiger partial charge in [0.1, 0.15) is 17.5 Å². The lowest BCUT2D eigenvalue weighted by molar-refractivity contribution is -0.136. The molecule has 2 heterocycles. The van der Waals surface area contributed by atoms with Gasteiger partial charge in [0.2, 0.25) is 11.8 Å². The van der Waals surface area contributed by atoms with E-state index >= 15 is 0 Å². The number of carbonyl (C=O) groups is 2. The predicted octanol–water partition coefficient (Wildman–Crippen LogP) is 3.88. The Morgan fingerprint density at radius 1 is 1.24 bits per heavy atom. The van der Waals surface area contributed by atoms with Crippen molar-refractivity contribution in [3.8, 4) is 17.7 Å². The molecule has 7 nitrogen and oxygen atoms in total. The van der Waals surface area contributed by atoms with Crippen molar-refractivity contribution in [2.45, 2.75) is 58.1 Å². The maximum absolute atomic E-state index is 13.6. The Kier molecular flexibility index (Phi) is 9.01. The van der Waals surface area contributed by atoms with E-state index in [1.165, 1.54) is 24.8 Å². The predicted molar refractivity (Wildman–Crippen MR) is 142 cm³/mol. The number of aliphatic hydroxyl groups is 1. The molecule has 1 aromatic carbocycles. The van der Waals surface area contributed by atoms with E-state index in [1.54, 1.807) is 34.9 Å². The third-order valence-electron chi connectivity index (χ3n) is 7.48. The van der Waals surface area contributed by atoms with Crippen molar-refractivity contribution in [2.24, 2.45) is 11.8 Å². The van der Waals surface area contributed by atoms with Crippen LogP contribution >= 0.6 is 0 Å². The van der Waals surface area contributed by atoms with Gasteiger partial charge >= 0.3 is 0 Å². The van der Waals surface area contributed by atoms with Gasteiger partial charge in [0, 0.05) is 42.8 Å². The third-order valence-corrected chi connectivity index (χ3v) is 7.48. The van der Waals surface area contributed by atoms with Gasteiger partial charge in [-0.25, -0.2) is 9.37 Å². The van der Waals surface area contributed by atoms with Gasteiger partial charge in [-0.3, -0.25) is 9.59 Å². The Balaban J connectivity index is 1.62. The van der Waals surface area contributed by atoms with Gasteiger partial charge in [-0.2, -0.15) is 0 Å². The average Bonchev–Trinajstić information content (AvgIpc) is 2.93.